The smallest absolute Gasteiger partial charge is 0.255 e. The summed E-state index contributed by atoms with van der Waals surface area (Å²) < 4.78 is 5.83. The summed E-state index contributed by atoms with van der Waals surface area (Å²) in [6, 6.07) is 24.1. The molecule has 3 aromatic carbocycles. The minimum Gasteiger partial charge on any atom is -0.457 e. The van der Waals surface area contributed by atoms with E-state index >= 15 is 0 Å². The maximum absolute atomic E-state index is 12.8. The van der Waals surface area contributed by atoms with Crippen LogP contribution in [0.2, 0.25) is 5.15 Å². The zero-order chi connectivity index (χ0) is 22.3. The van der Waals surface area contributed by atoms with Crippen molar-refractivity contribution in [1.29, 1.82) is 0 Å². The Balaban J connectivity index is 1.44. The van der Waals surface area contributed by atoms with Crippen molar-refractivity contribution in [2.75, 3.05) is 10.6 Å². The number of para-hydroxylation sites is 1. The monoisotopic (exact) mass is 444 g/mol. The second-order valence-corrected chi connectivity index (χ2v) is 7.50. The quantitative estimate of drug-likeness (QED) is 0.347. The van der Waals surface area contributed by atoms with Crippen molar-refractivity contribution in [3.63, 3.8) is 0 Å². The van der Waals surface area contributed by atoms with Gasteiger partial charge in [0, 0.05) is 11.3 Å². The normalized spacial score (nSPS) is 11.4. The van der Waals surface area contributed by atoms with Gasteiger partial charge in [0.25, 0.3) is 5.91 Å². The molecule has 0 spiro atoms. The fraction of sp³-hybridized carbons (Fsp3) is 0.0800. The first-order valence-electron chi connectivity index (χ1n) is 10.1. The van der Waals surface area contributed by atoms with Crippen molar-refractivity contribution in [3.8, 4) is 11.5 Å². The summed E-state index contributed by atoms with van der Waals surface area (Å²) in [4.78, 5) is 21.0. The van der Waals surface area contributed by atoms with Crippen LogP contribution < -0.4 is 15.4 Å². The third-order valence-electron chi connectivity index (χ3n) is 4.69. The van der Waals surface area contributed by atoms with Gasteiger partial charge in [0.2, 0.25) is 0 Å². The van der Waals surface area contributed by atoms with E-state index in [-0.39, 0.29) is 11.9 Å². The standard InChI is InChI=1S/C25H21ClN4O2/c1-17(28-24-16-27-15-23(26)30-24)18-7-5-9-20(13-18)29-25(31)19-8-6-12-22(14-19)32-21-10-3-2-4-11-21/h2-17H,1H3,(H,28,30)(H,29,31)/t17-/m0/s1. The summed E-state index contributed by atoms with van der Waals surface area (Å²) in [5.41, 5.74) is 2.17. The molecule has 7 heteroatoms. The number of benzene rings is 3. The number of hydrogen-bond donors (Lipinski definition) is 2. The molecule has 0 aliphatic carbocycles. The lowest BCUT2D eigenvalue weighted by atomic mass is 10.1. The molecule has 4 rings (SSSR count). The Kier molecular flexibility index (Phi) is 6.63. The SMILES string of the molecule is C[C@H](Nc1cncc(Cl)n1)c1cccc(NC(=O)c2cccc(Oc3ccccc3)c2)c1. The summed E-state index contributed by atoms with van der Waals surface area (Å²) in [7, 11) is 0. The fourth-order valence-electron chi connectivity index (χ4n) is 3.13. The molecule has 4 aromatic rings. The van der Waals surface area contributed by atoms with Crippen LogP contribution >= 0.6 is 11.6 Å². The molecular formula is C25H21ClN4O2. The summed E-state index contributed by atoms with van der Waals surface area (Å²) in [5, 5.41) is 6.52. The highest BCUT2D eigenvalue weighted by Gasteiger charge is 2.11. The molecule has 2 N–H and O–H groups in total. The van der Waals surface area contributed by atoms with Crippen LogP contribution in [0.5, 0.6) is 11.5 Å². The number of anilines is 2. The number of aromatic nitrogens is 2. The molecule has 0 fully saturated rings. The molecule has 0 aliphatic rings. The largest absolute Gasteiger partial charge is 0.457 e. The van der Waals surface area contributed by atoms with E-state index in [0.29, 0.717) is 33.7 Å². The van der Waals surface area contributed by atoms with E-state index in [1.165, 1.54) is 6.20 Å². The Morgan fingerprint density at radius 1 is 0.938 bits per heavy atom. The van der Waals surface area contributed by atoms with Crippen molar-refractivity contribution >= 4 is 29.0 Å². The molecule has 0 saturated heterocycles. The number of amides is 1. The molecule has 32 heavy (non-hydrogen) atoms. The molecule has 1 heterocycles. The highest BCUT2D eigenvalue weighted by molar-refractivity contribution is 6.29. The van der Waals surface area contributed by atoms with E-state index < -0.39 is 0 Å². The molecule has 1 amide bonds. The van der Waals surface area contributed by atoms with Crippen molar-refractivity contribution in [3.05, 3.63) is 108 Å². The summed E-state index contributed by atoms with van der Waals surface area (Å²) >= 11 is 5.90. The molecular weight excluding hydrogens is 424 g/mol. The molecule has 0 bridgehead atoms. The van der Waals surface area contributed by atoms with Crippen molar-refractivity contribution in [2.45, 2.75) is 13.0 Å². The molecule has 0 unspecified atom stereocenters. The minimum absolute atomic E-state index is 0.0674. The Morgan fingerprint density at radius 3 is 2.53 bits per heavy atom. The molecule has 0 saturated carbocycles. The zero-order valence-electron chi connectivity index (χ0n) is 17.3. The van der Waals surface area contributed by atoms with E-state index in [2.05, 4.69) is 20.6 Å². The van der Waals surface area contributed by atoms with Crippen molar-refractivity contribution in [2.24, 2.45) is 0 Å². The maximum atomic E-state index is 12.8. The first-order chi connectivity index (χ1) is 15.6. The van der Waals surface area contributed by atoms with Crippen LogP contribution in [0.4, 0.5) is 11.5 Å². The van der Waals surface area contributed by atoms with Gasteiger partial charge in [-0.2, -0.15) is 0 Å². The van der Waals surface area contributed by atoms with Crippen LogP contribution in [0.15, 0.2) is 91.3 Å². The van der Waals surface area contributed by atoms with Gasteiger partial charge in [-0.05, 0) is 55.0 Å². The van der Waals surface area contributed by atoms with E-state index in [4.69, 9.17) is 16.3 Å². The third kappa shape index (κ3) is 5.62. The van der Waals surface area contributed by atoms with E-state index in [9.17, 15) is 4.79 Å². The van der Waals surface area contributed by atoms with Crippen LogP contribution in [0, 0.1) is 0 Å². The zero-order valence-corrected chi connectivity index (χ0v) is 18.1. The van der Waals surface area contributed by atoms with Gasteiger partial charge >= 0.3 is 0 Å². The van der Waals surface area contributed by atoms with Crippen LogP contribution in [-0.2, 0) is 0 Å². The topological polar surface area (TPSA) is 76.1 Å². The Labute approximate surface area is 191 Å². The van der Waals surface area contributed by atoms with Gasteiger partial charge in [-0.3, -0.25) is 9.78 Å². The molecule has 6 nitrogen and oxygen atoms in total. The Bertz CT molecular complexity index is 1220. The first kappa shape index (κ1) is 21.3. The minimum atomic E-state index is -0.220. The average Bonchev–Trinajstić information content (AvgIpc) is 2.80. The van der Waals surface area contributed by atoms with Gasteiger partial charge < -0.3 is 15.4 Å². The second-order valence-electron chi connectivity index (χ2n) is 7.12. The van der Waals surface area contributed by atoms with Crippen molar-refractivity contribution in [1.82, 2.24) is 9.97 Å². The van der Waals surface area contributed by atoms with Crippen LogP contribution in [0.25, 0.3) is 0 Å². The average molecular weight is 445 g/mol. The number of hydrogen-bond acceptors (Lipinski definition) is 5. The highest BCUT2D eigenvalue weighted by Crippen LogP contribution is 2.24. The van der Waals surface area contributed by atoms with Crippen LogP contribution in [0.1, 0.15) is 28.9 Å². The number of ether oxygens (including phenoxy) is 1. The molecule has 0 aliphatic heterocycles. The van der Waals surface area contributed by atoms with Gasteiger partial charge in [0.1, 0.15) is 22.5 Å². The second kappa shape index (κ2) is 9.94. The Morgan fingerprint density at radius 2 is 1.72 bits per heavy atom. The predicted octanol–water partition coefficient (Wildman–Crippen LogP) is 6.35. The number of nitrogens with one attached hydrogen (secondary N) is 2. The van der Waals surface area contributed by atoms with Gasteiger partial charge in [-0.1, -0.05) is 48.0 Å². The lowest BCUT2D eigenvalue weighted by Gasteiger charge is -2.16. The Hall–Kier alpha value is -3.90. The van der Waals surface area contributed by atoms with Gasteiger partial charge in [-0.25, -0.2) is 4.98 Å². The molecule has 0 radical (unpaired) electrons. The first-order valence-corrected chi connectivity index (χ1v) is 10.4. The highest BCUT2D eigenvalue weighted by atomic mass is 35.5. The van der Waals surface area contributed by atoms with Crippen LogP contribution in [0.3, 0.4) is 0 Å². The number of carbonyl (C=O) groups is 1. The van der Waals surface area contributed by atoms with Gasteiger partial charge in [-0.15, -0.1) is 0 Å². The number of halogens is 1. The molecule has 1 atom stereocenters. The van der Waals surface area contributed by atoms with Gasteiger partial charge in [0.05, 0.1) is 18.4 Å². The van der Waals surface area contributed by atoms with Crippen molar-refractivity contribution < 1.29 is 9.53 Å². The maximum Gasteiger partial charge on any atom is 0.255 e. The van der Waals surface area contributed by atoms with E-state index in [0.717, 1.165) is 5.56 Å². The molecule has 160 valence electrons. The third-order valence-corrected chi connectivity index (χ3v) is 4.87. The van der Waals surface area contributed by atoms with E-state index in [1.807, 2.05) is 67.6 Å². The summed E-state index contributed by atoms with van der Waals surface area (Å²) in [6.45, 7) is 1.99. The fourth-order valence-corrected chi connectivity index (χ4v) is 3.28. The van der Waals surface area contributed by atoms with Gasteiger partial charge in [0.15, 0.2) is 0 Å². The predicted molar refractivity (Wildman–Crippen MR) is 126 cm³/mol. The number of carbonyl (C=O) groups excluding carboxylic acids is 1. The van der Waals surface area contributed by atoms with E-state index in [1.54, 1.807) is 24.4 Å². The lowest BCUT2D eigenvalue weighted by Crippen LogP contribution is -2.13. The summed E-state index contributed by atoms with van der Waals surface area (Å²) in [6.07, 6.45) is 3.09. The summed E-state index contributed by atoms with van der Waals surface area (Å²) in [5.74, 6) is 1.67. The number of nitrogens with zero attached hydrogens (tertiary/aromatic N) is 2. The molecule has 1 aromatic heterocycles. The lowest BCUT2D eigenvalue weighted by molar-refractivity contribution is 0.102. The van der Waals surface area contributed by atoms with Crippen LogP contribution in [-0.4, -0.2) is 15.9 Å². The number of rotatable bonds is 7.